The van der Waals surface area contributed by atoms with Crippen LogP contribution in [0.15, 0.2) is 35.1 Å². The summed E-state index contributed by atoms with van der Waals surface area (Å²) in [7, 11) is 1.42. The van der Waals surface area contributed by atoms with Crippen LogP contribution in [0.25, 0.3) is 11.4 Å². The van der Waals surface area contributed by atoms with Crippen molar-refractivity contribution >= 4 is 40.6 Å². The zero-order chi connectivity index (χ0) is 26.7. The molecule has 0 bridgehead atoms. The van der Waals surface area contributed by atoms with Crippen LogP contribution in [0.4, 0.5) is 23.1 Å². The third kappa shape index (κ3) is 4.71. The van der Waals surface area contributed by atoms with Crippen molar-refractivity contribution in [3.63, 3.8) is 0 Å². The van der Waals surface area contributed by atoms with Gasteiger partial charge in [0.05, 0.1) is 23.4 Å². The quantitative estimate of drug-likeness (QED) is 0.353. The Morgan fingerprint density at radius 3 is 2.74 bits per heavy atom. The summed E-state index contributed by atoms with van der Waals surface area (Å²) >= 11 is 6.04. The molecular formula is C21H20ClN9O3. The molecule has 0 aromatic carbocycles. The number of nitrogens with one attached hydrogen (secondary N) is 3. The Labute approximate surface area is 203 Å². The van der Waals surface area contributed by atoms with Gasteiger partial charge in [-0.3, -0.25) is 4.79 Å². The summed E-state index contributed by atoms with van der Waals surface area (Å²) in [5.41, 5.74) is 1.02. The number of amides is 1. The Bertz CT molecular complexity index is 1460. The van der Waals surface area contributed by atoms with Crippen molar-refractivity contribution in [2.24, 2.45) is 0 Å². The van der Waals surface area contributed by atoms with Crippen molar-refractivity contribution in [3.8, 4) is 17.1 Å². The lowest BCUT2D eigenvalue weighted by atomic mass is 10.2. The van der Waals surface area contributed by atoms with E-state index in [1.807, 2.05) is 12.2 Å². The van der Waals surface area contributed by atoms with Crippen LogP contribution in [0.3, 0.4) is 0 Å². The number of pyridine rings is 2. The Hall–Kier alpha value is -4.32. The fourth-order valence-corrected chi connectivity index (χ4v) is 3.07. The number of methoxy groups -OCH3 is 1. The van der Waals surface area contributed by atoms with Gasteiger partial charge in [0.2, 0.25) is 11.7 Å². The molecule has 1 amide bonds. The fraction of sp³-hybridized carbons (Fsp3) is 0.190. The second-order valence-electron chi connectivity index (χ2n) is 6.89. The third-order valence-electron chi connectivity index (χ3n) is 4.56. The van der Waals surface area contributed by atoms with Crippen LogP contribution in [0.5, 0.6) is 5.75 Å². The lowest BCUT2D eigenvalue weighted by Crippen LogP contribution is -2.21. The predicted octanol–water partition coefficient (Wildman–Crippen LogP) is 3.44. The number of carbonyl (C=O) groups is 1. The first-order chi connectivity index (χ1) is 17.5. The van der Waals surface area contributed by atoms with Crippen molar-refractivity contribution < 1.29 is 18.2 Å². The largest absolute Gasteiger partial charge is 0.492 e. The zero-order valence-corrected chi connectivity index (χ0v) is 18.9. The molecule has 0 fully saturated rings. The minimum Gasteiger partial charge on any atom is -0.492 e. The molecular weight excluding hydrogens is 462 g/mol. The van der Waals surface area contributed by atoms with Gasteiger partial charge in [0.1, 0.15) is 5.82 Å². The van der Waals surface area contributed by atoms with Gasteiger partial charge in [-0.1, -0.05) is 16.8 Å². The van der Waals surface area contributed by atoms with E-state index < -0.39 is 12.9 Å². The van der Waals surface area contributed by atoms with Gasteiger partial charge in [-0.2, -0.15) is 4.98 Å². The number of halogens is 1. The molecule has 4 rings (SSSR count). The number of rotatable bonds is 7. The summed E-state index contributed by atoms with van der Waals surface area (Å²) in [6, 6.07) is 4.77. The molecule has 13 heteroatoms. The Morgan fingerprint density at radius 2 is 2.03 bits per heavy atom. The molecule has 0 aliphatic carbocycles. The molecule has 0 spiro atoms. The highest BCUT2D eigenvalue weighted by Gasteiger charge is 2.20. The first-order valence-corrected chi connectivity index (χ1v) is 10.1. The molecule has 0 saturated heterocycles. The second kappa shape index (κ2) is 9.67. The molecule has 3 N–H and O–H groups in total. The molecule has 4 aromatic heterocycles. The molecule has 34 heavy (non-hydrogen) atoms. The molecule has 0 aliphatic heterocycles. The molecule has 0 atom stereocenters. The van der Waals surface area contributed by atoms with Gasteiger partial charge in [-0.25, -0.2) is 9.97 Å². The Balaban J connectivity index is 1.75. The smallest absolute Gasteiger partial charge is 0.273 e. The van der Waals surface area contributed by atoms with Crippen LogP contribution in [-0.2, 0) is 0 Å². The average molecular weight is 485 g/mol. The van der Waals surface area contributed by atoms with Gasteiger partial charge in [0, 0.05) is 36.5 Å². The monoisotopic (exact) mass is 484 g/mol. The van der Waals surface area contributed by atoms with Gasteiger partial charge < -0.3 is 25.2 Å². The van der Waals surface area contributed by atoms with E-state index in [0.29, 0.717) is 22.3 Å². The highest BCUT2D eigenvalue weighted by molar-refractivity contribution is 6.31. The number of ether oxygens (including phenoxy) is 1. The third-order valence-corrected chi connectivity index (χ3v) is 4.95. The summed E-state index contributed by atoms with van der Waals surface area (Å²) in [5.74, 6) is 0.673. The highest BCUT2D eigenvalue weighted by Crippen LogP contribution is 2.35. The number of hydrogen-bond donors (Lipinski definition) is 3. The van der Waals surface area contributed by atoms with E-state index in [1.165, 1.54) is 25.6 Å². The fourth-order valence-electron chi connectivity index (χ4n) is 2.97. The van der Waals surface area contributed by atoms with Gasteiger partial charge in [-0.15, -0.1) is 10.2 Å². The number of nitrogens with zero attached hydrogens (tertiary/aromatic N) is 6. The van der Waals surface area contributed by atoms with Crippen molar-refractivity contribution in [1.82, 2.24) is 35.6 Å². The van der Waals surface area contributed by atoms with Crippen molar-refractivity contribution in [2.45, 2.75) is 13.8 Å². The average Bonchev–Trinajstić information content (AvgIpc) is 3.26. The van der Waals surface area contributed by atoms with Crippen LogP contribution in [0.2, 0.25) is 5.02 Å². The first kappa shape index (κ1) is 19.2. The maximum absolute atomic E-state index is 12.7. The topological polar surface area (TPSA) is 153 Å². The van der Waals surface area contributed by atoms with Gasteiger partial charge in [-0.05, 0) is 24.6 Å². The van der Waals surface area contributed by atoms with Crippen LogP contribution in [-0.4, -0.2) is 50.3 Å². The standard InChI is InChI=1S/C21H20ClN9O3/c1-10-7-15(25-9-13(10)22)28-16-8-14(17(30-29-16)21(32)23-3)27-20-18(33-4)12(5-6-24-20)19-26-11(2)34-31-19/h5-9H,1-4H3,(H,23,32)(H2,24,25,27,28,29)/i3D3. The normalized spacial score (nSPS) is 12.3. The second-order valence-corrected chi connectivity index (χ2v) is 7.30. The summed E-state index contributed by atoms with van der Waals surface area (Å²) in [4.78, 5) is 25.4. The van der Waals surface area contributed by atoms with Crippen molar-refractivity contribution in [1.29, 1.82) is 0 Å². The number of anilines is 4. The first-order valence-electron chi connectivity index (χ1n) is 11.2. The number of hydrogen-bond acceptors (Lipinski definition) is 11. The van der Waals surface area contributed by atoms with E-state index >= 15 is 0 Å². The molecule has 4 aromatic rings. The van der Waals surface area contributed by atoms with Crippen LogP contribution in [0, 0.1) is 13.8 Å². The van der Waals surface area contributed by atoms with Gasteiger partial charge >= 0.3 is 0 Å². The SMILES string of the molecule is [2H]C([2H])([2H])NC(=O)c1nnc(Nc2cc(C)c(Cl)cn2)cc1Nc1nccc(-c2noc(C)n2)c1OC. The van der Waals surface area contributed by atoms with E-state index in [9.17, 15) is 4.79 Å². The molecule has 4 heterocycles. The van der Waals surface area contributed by atoms with E-state index in [0.717, 1.165) is 5.56 Å². The van der Waals surface area contributed by atoms with Crippen molar-refractivity contribution in [2.75, 3.05) is 24.7 Å². The van der Waals surface area contributed by atoms with E-state index in [4.69, 9.17) is 25.0 Å². The summed E-state index contributed by atoms with van der Waals surface area (Å²) in [6.07, 6.45) is 2.95. The number of carbonyl (C=O) groups excluding carboxylic acids is 1. The highest BCUT2D eigenvalue weighted by atomic mass is 35.5. The molecule has 174 valence electrons. The van der Waals surface area contributed by atoms with Crippen LogP contribution in [0.1, 0.15) is 26.1 Å². The van der Waals surface area contributed by atoms with E-state index in [1.54, 1.807) is 19.1 Å². The van der Waals surface area contributed by atoms with Gasteiger partial charge in [0.15, 0.2) is 23.1 Å². The molecule has 0 radical (unpaired) electrons. The van der Waals surface area contributed by atoms with E-state index in [2.05, 4.69) is 40.9 Å². The lowest BCUT2D eigenvalue weighted by Gasteiger charge is -2.15. The van der Waals surface area contributed by atoms with Crippen LogP contribution >= 0.6 is 11.6 Å². The minimum atomic E-state index is -2.75. The summed E-state index contributed by atoms with van der Waals surface area (Å²) in [5, 5.41) is 20.2. The number of aromatic nitrogens is 6. The Morgan fingerprint density at radius 1 is 1.18 bits per heavy atom. The predicted molar refractivity (Wildman–Crippen MR) is 125 cm³/mol. The van der Waals surface area contributed by atoms with Gasteiger partial charge in [0.25, 0.3) is 5.91 Å². The van der Waals surface area contributed by atoms with Crippen LogP contribution < -0.4 is 20.7 Å². The maximum Gasteiger partial charge on any atom is 0.273 e. The number of aryl methyl sites for hydroxylation is 2. The molecule has 0 unspecified atom stereocenters. The Kier molecular flexibility index (Phi) is 5.45. The van der Waals surface area contributed by atoms with E-state index in [-0.39, 0.29) is 34.6 Å². The summed E-state index contributed by atoms with van der Waals surface area (Å²) < 4.78 is 32.7. The molecule has 12 nitrogen and oxygen atoms in total. The zero-order valence-electron chi connectivity index (χ0n) is 21.2. The maximum atomic E-state index is 12.7. The van der Waals surface area contributed by atoms with Crippen molar-refractivity contribution in [3.05, 3.63) is 52.8 Å². The molecule has 0 aliphatic rings. The lowest BCUT2D eigenvalue weighted by molar-refractivity contribution is 0.0958. The molecule has 0 saturated carbocycles. The minimum absolute atomic E-state index is 0.0807. The summed E-state index contributed by atoms with van der Waals surface area (Å²) in [6.45, 7) is 0.712.